The Morgan fingerprint density at radius 1 is 1.19 bits per heavy atom. The SMILES string of the molecule is Cc1ccc(NC(=O)C(C)n2cnc3ccccc32)nc1. The van der Waals surface area contributed by atoms with Gasteiger partial charge in [-0.25, -0.2) is 9.97 Å². The van der Waals surface area contributed by atoms with Crippen LogP contribution in [-0.2, 0) is 4.79 Å². The van der Waals surface area contributed by atoms with Crippen LogP contribution in [0.25, 0.3) is 11.0 Å². The number of benzene rings is 1. The molecule has 0 fully saturated rings. The zero-order valence-electron chi connectivity index (χ0n) is 11.9. The minimum Gasteiger partial charge on any atom is -0.318 e. The van der Waals surface area contributed by atoms with Crippen LogP contribution in [0.15, 0.2) is 48.9 Å². The molecule has 1 N–H and O–H groups in total. The van der Waals surface area contributed by atoms with Crippen LogP contribution >= 0.6 is 0 Å². The van der Waals surface area contributed by atoms with Crippen molar-refractivity contribution in [3.63, 3.8) is 0 Å². The highest BCUT2D eigenvalue weighted by molar-refractivity contribution is 5.93. The molecular formula is C16H16N4O. The van der Waals surface area contributed by atoms with E-state index in [0.29, 0.717) is 5.82 Å². The van der Waals surface area contributed by atoms with Crippen molar-refractivity contribution >= 4 is 22.8 Å². The standard InChI is InChI=1S/C16H16N4O/c1-11-7-8-15(17-9-11)19-16(21)12(2)20-10-18-13-5-3-4-6-14(13)20/h3-10,12H,1-2H3,(H,17,19,21). The number of amides is 1. The van der Waals surface area contributed by atoms with Gasteiger partial charge in [0.1, 0.15) is 11.9 Å². The third kappa shape index (κ3) is 2.63. The van der Waals surface area contributed by atoms with E-state index in [1.54, 1.807) is 18.6 Å². The Balaban J connectivity index is 1.82. The van der Waals surface area contributed by atoms with Gasteiger partial charge >= 0.3 is 0 Å². The van der Waals surface area contributed by atoms with Gasteiger partial charge in [-0.3, -0.25) is 4.79 Å². The molecule has 1 amide bonds. The first kappa shape index (κ1) is 13.3. The van der Waals surface area contributed by atoms with Crippen LogP contribution in [0.5, 0.6) is 0 Å². The summed E-state index contributed by atoms with van der Waals surface area (Å²) in [4.78, 5) is 20.8. The molecule has 3 rings (SSSR count). The molecule has 0 radical (unpaired) electrons. The Kier molecular flexibility index (Phi) is 3.39. The minimum absolute atomic E-state index is 0.116. The number of hydrogen-bond donors (Lipinski definition) is 1. The first-order chi connectivity index (χ1) is 10.1. The van der Waals surface area contributed by atoms with Crippen molar-refractivity contribution in [1.82, 2.24) is 14.5 Å². The molecule has 0 saturated heterocycles. The van der Waals surface area contributed by atoms with Gasteiger partial charge in [0.05, 0.1) is 17.4 Å². The van der Waals surface area contributed by atoms with E-state index in [0.717, 1.165) is 16.6 Å². The largest absolute Gasteiger partial charge is 0.318 e. The van der Waals surface area contributed by atoms with Crippen LogP contribution in [0.2, 0.25) is 0 Å². The molecule has 5 nitrogen and oxygen atoms in total. The summed E-state index contributed by atoms with van der Waals surface area (Å²) < 4.78 is 1.86. The molecule has 1 aromatic carbocycles. The Bertz CT molecular complexity index is 776. The molecule has 0 spiro atoms. The molecule has 1 unspecified atom stereocenters. The Labute approximate surface area is 122 Å². The summed E-state index contributed by atoms with van der Waals surface area (Å²) in [6, 6.07) is 11.1. The number of hydrogen-bond acceptors (Lipinski definition) is 3. The number of fused-ring (bicyclic) bond motifs is 1. The van der Waals surface area contributed by atoms with Gasteiger partial charge in [-0.15, -0.1) is 0 Å². The van der Waals surface area contributed by atoms with Gasteiger partial charge in [0.15, 0.2) is 0 Å². The number of rotatable bonds is 3. The van der Waals surface area contributed by atoms with E-state index in [-0.39, 0.29) is 11.9 Å². The quantitative estimate of drug-likeness (QED) is 0.802. The predicted octanol–water partition coefficient (Wildman–Crippen LogP) is 2.94. The van der Waals surface area contributed by atoms with Crippen molar-refractivity contribution in [1.29, 1.82) is 0 Å². The van der Waals surface area contributed by atoms with Crippen LogP contribution in [0, 0.1) is 6.92 Å². The van der Waals surface area contributed by atoms with Crippen molar-refractivity contribution in [2.75, 3.05) is 5.32 Å². The number of para-hydroxylation sites is 2. The molecule has 0 bridgehead atoms. The predicted molar refractivity (Wildman–Crippen MR) is 82.0 cm³/mol. The molecule has 1 atom stereocenters. The second-order valence-electron chi connectivity index (χ2n) is 5.03. The van der Waals surface area contributed by atoms with Gasteiger partial charge in [-0.1, -0.05) is 18.2 Å². The number of pyridine rings is 1. The van der Waals surface area contributed by atoms with E-state index in [9.17, 15) is 4.79 Å². The summed E-state index contributed by atoms with van der Waals surface area (Å²) in [7, 11) is 0. The van der Waals surface area contributed by atoms with Crippen LogP contribution in [0.3, 0.4) is 0 Å². The average molecular weight is 280 g/mol. The van der Waals surface area contributed by atoms with E-state index in [1.165, 1.54) is 0 Å². The molecule has 0 aliphatic heterocycles. The van der Waals surface area contributed by atoms with Gasteiger partial charge in [-0.2, -0.15) is 0 Å². The van der Waals surface area contributed by atoms with E-state index in [2.05, 4.69) is 15.3 Å². The topological polar surface area (TPSA) is 59.8 Å². The van der Waals surface area contributed by atoms with Gasteiger partial charge < -0.3 is 9.88 Å². The maximum atomic E-state index is 12.3. The highest BCUT2D eigenvalue weighted by atomic mass is 16.2. The lowest BCUT2D eigenvalue weighted by molar-refractivity contribution is -0.118. The summed E-state index contributed by atoms with van der Waals surface area (Å²) in [6.45, 7) is 3.80. The van der Waals surface area contributed by atoms with E-state index >= 15 is 0 Å². The zero-order valence-corrected chi connectivity index (χ0v) is 11.9. The van der Waals surface area contributed by atoms with Crippen LogP contribution in [0.1, 0.15) is 18.5 Å². The van der Waals surface area contributed by atoms with E-state index in [1.807, 2.05) is 48.7 Å². The molecule has 2 heterocycles. The van der Waals surface area contributed by atoms with Crippen molar-refractivity contribution in [2.24, 2.45) is 0 Å². The molecule has 5 heteroatoms. The number of anilines is 1. The first-order valence-corrected chi connectivity index (χ1v) is 6.80. The summed E-state index contributed by atoms with van der Waals surface area (Å²) >= 11 is 0. The van der Waals surface area contributed by atoms with E-state index < -0.39 is 0 Å². The fraction of sp³-hybridized carbons (Fsp3) is 0.188. The molecule has 2 aromatic heterocycles. The van der Waals surface area contributed by atoms with Crippen molar-refractivity contribution in [3.8, 4) is 0 Å². The van der Waals surface area contributed by atoms with Crippen molar-refractivity contribution in [2.45, 2.75) is 19.9 Å². The third-order valence-electron chi connectivity index (χ3n) is 3.44. The smallest absolute Gasteiger partial charge is 0.248 e. The molecule has 106 valence electrons. The maximum absolute atomic E-state index is 12.3. The number of carbonyl (C=O) groups is 1. The number of nitrogens with one attached hydrogen (secondary N) is 1. The van der Waals surface area contributed by atoms with E-state index in [4.69, 9.17) is 0 Å². The summed E-state index contributed by atoms with van der Waals surface area (Å²) in [5.74, 6) is 0.441. The Morgan fingerprint density at radius 3 is 2.76 bits per heavy atom. The summed E-state index contributed by atoms with van der Waals surface area (Å²) in [5, 5.41) is 2.82. The summed E-state index contributed by atoms with van der Waals surface area (Å²) in [6.07, 6.45) is 3.42. The highest BCUT2D eigenvalue weighted by Gasteiger charge is 2.17. The fourth-order valence-corrected chi connectivity index (χ4v) is 2.19. The second kappa shape index (κ2) is 5.36. The minimum atomic E-state index is -0.361. The van der Waals surface area contributed by atoms with Crippen molar-refractivity contribution < 1.29 is 4.79 Å². The number of imidazole rings is 1. The van der Waals surface area contributed by atoms with Crippen LogP contribution in [0.4, 0.5) is 5.82 Å². The molecule has 0 aliphatic rings. The van der Waals surface area contributed by atoms with Crippen LogP contribution < -0.4 is 5.32 Å². The first-order valence-electron chi connectivity index (χ1n) is 6.80. The molecule has 3 aromatic rings. The number of aromatic nitrogens is 3. The normalized spacial score (nSPS) is 12.3. The number of aryl methyl sites for hydroxylation is 1. The summed E-state index contributed by atoms with van der Waals surface area (Å²) in [5.41, 5.74) is 2.88. The lowest BCUT2D eigenvalue weighted by atomic mass is 10.2. The second-order valence-corrected chi connectivity index (χ2v) is 5.03. The maximum Gasteiger partial charge on any atom is 0.248 e. The zero-order chi connectivity index (χ0) is 14.8. The monoisotopic (exact) mass is 280 g/mol. The van der Waals surface area contributed by atoms with Crippen LogP contribution in [-0.4, -0.2) is 20.4 Å². The lowest BCUT2D eigenvalue weighted by Gasteiger charge is -2.14. The average Bonchev–Trinajstić information content (AvgIpc) is 2.92. The highest BCUT2D eigenvalue weighted by Crippen LogP contribution is 2.18. The molecule has 0 aliphatic carbocycles. The molecular weight excluding hydrogens is 264 g/mol. The Morgan fingerprint density at radius 2 is 2.00 bits per heavy atom. The van der Waals surface area contributed by atoms with Gasteiger partial charge in [0.2, 0.25) is 5.91 Å². The van der Waals surface area contributed by atoms with Gasteiger partial charge in [0.25, 0.3) is 0 Å². The molecule has 0 saturated carbocycles. The van der Waals surface area contributed by atoms with Crippen molar-refractivity contribution in [3.05, 3.63) is 54.5 Å². The Hall–Kier alpha value is -2.69. The third-order valence-corrected chi connectivity index (χ3v) is 3.44. The molecule has 21 heavy (non-hydrogen) atoms. The van der Waals surface area contributed by atoms with Gasteiger partial charge in [0, 0.05) is 6.20 Å². The van der Waals surface area contributed by atoms with Gasteiger partial charge in [-0.05, 0) is 37.6 Å². The number of carbonyl (C=O) groups excluding carboxylic acids is 1. The lowest BCUT2D eigenvalue weighted by Crippen LogP contribution is -2.23. The fourth-order valence-electron chi connectivity index (χ4n) is 2.19. The number of nitrogens with zero attached hydrogens (tertiary/aromatic N) is 3.